The summed E-state index contributed by atoms with van der Waals surface area (Å²) in [4.78, 5) is 2.49. The van der Waals surface area contributed by atoms with Gasteiger partial charge in [-0.1, -0.05) is 0 Å². The highest BCUT2D eigenvalue weighted by atomic mass is 15.1. The van der Waals surface area contributed by atoms with Crippen molar-refractivity contribution in [1.29, 1.82) is 0 Å². The largest absolute Gasteiger partial charge is 0.306 e. The van der Waals surface area contributed by atoms with Gasteiger partial charge in [0.2, 0.25) is 0 Å². The smallest absolute Gasteiger partial charge is 0.000683 e. The number of fused-ring (bicyclic) bond motifs is 2. The second-order valence-electron chi connectivity index (χ2n) is 3.77. The highest BCUT2D eigenvalue weighted by molar-refractivity contribution is 4.83. The molecule has 0 spiro atoms. The van der Waals surface area contributed by atoms with Crippen molar-refractivity contribution in [1.82, 2.24) is 4.90 Å². The molecular formula is C8H15N. The van der Waals surface area contributed by atoms with Crippen molar-refractivity contribution in [3.05, 3.63) is 0 Å². The Kier molecular flexibility index (Phi) is 1.26. The van der Waals surface area contributed by atoms with Crippen molar-refractivity contribution in [3.8, 4) is 0 Å². The molecule has 2 rings (SSSR count). The monoisotopic (exact) mass is 125 g/mol. The lowest BCUT2D eigenvalue weighted by atomic mass is 10.00. The number of hydrogen-bond donors (Lipinski definition) is 0. The minimum Gasteiger partial charge on any atom is -0.306 e. The molecule has 1 aliphatic heterocycles. The molecule has 1 nitrogen and oxygen atoms in total. The molecule has 0 aromatic rings. The Morgan fingerprint density at radius 1 is 1.11 bits per heavy atom. The highest BCUT2D eigenvalue weighted by Crippen LogP contribution is 2.35. The zero-order valence-electron chi connectivity index (χ0n) is 6.14. The van der Waals surface area contributed by atoms with Crippen molar-refractivity contribution in [2.24, 2.45) is 11.8 Å². The van der Waals surface area contributed by atoms with Gasteiger partial charge in [0.05, 0.1) is 0 Å². The van der Waals surface area contributed by atoms with E-state index in [-0.39, 0.29) is 0 Å². The Morgan fingerprint density at radius 3 is 2.22 bits per heavy atom. The van der Waals surface area contributed by atoms with Crippen LogP contribution in [0.2, 0.25) is 0 Å². The van der Waals surface area contributed by atoms with Gasteiger partial charge in [-0.25, -0.2) is 0 Å². The third-order valence-electron chi connectivity index (χ3n) is 2.79. The molecule has 9 heavy (non-hydrogen) atoms. The van der Waals surface area contributed by atoms with Gasteiger partial charge in [0, 0.05) is 13.1 Å². The normalized spacial score (nSPS) is 43.7. The molecule has 2 unspecified atom stereocenters. The Bertz CT molecular complexity index is 99.1. The summed E-state index contributed by atoms with van der Waals surface area (Å²) in [6, 6.07) is 0. The zero-order chi connectivity index (χ0) is 6.27. The van der Waals surface area contributed by atoms with E-state index in [9.17, 15) is 0 Å². The zero-order valence-corrected chi connectivity index (χ0v) is 6.14. The fourth-order valence-electron chi connectivity index (χ4n) is 2.47. The quantitative estimate of drug-likeness (QED) is 0.472. The lowest BCUT2D eigenvalue weighted by molar-refractivity contribution is 0.203. The Balaban J connectivity index is 2.03. The van der Waals surface area contributed by atoms with Crippen molar-refractivity contribution in [3.63, 3.8) is 0 Å². The van der Waals surface area contributed by atoms with Crippen molar-refractivity contribution >= 4 is 0 Å². The molecule has 0 amide bonds. The summed E-state index contributed by atoms with van der Waals surface area (Å²) in [6.45, 7) is 2.74. The predicted octanol–water partition coefficient (Wildman–Crippen LogP) is 1.35. The summed E-state index contributed by atoms with van der Waals surface area (Å²) in [7, 11) is 2.25. The van der Waals surface area contributed by atoms with Crippen LogP contribution in [0.4, 0.5) is 0 Å². The maximum absolute atomic E-state index is 2.49. The topological polar surface area (TPSA) is 3.24 Å². The molecule has 2 aliphatic rings. The minimum atomic E-state index is 1.06. The summed E-state index contributed by atoms with van der Waals surface area (Å²) in [5.74, 6) is 2.13. The lowest BCUT2D eigenvalue weighted by Gasteiger charge is -2.27. The first-order valence-electron chi connectivity index (χ1n) is 4.03. The molecule has 2 atom stereocenters. The highest BCUT2D eigenvalue weighted by Gasteiger charge is 2.30. The number of likely N-dealkylation sites (tertiary alicyclic amines) is 1. The average molecular weight is 125 g/mol. The van der Waals surface area contributed by atoms with Crippen LogP contribution in [-0.4, -0.2) is 25.0 Å². The van der Waals surface area contributed by atoms with Crippen molar-refractivity contribution in [2.75, 3.05) is 20.1 Å². The maximum atomic E-state index is 2.49. The van der Waals surface area contributed by atoms with Gasteiger partial charge in [-0.2, -0.15) is 0 Å². The van der Waals surface area contributed by atoms with E-state index in [1.807, 2.05) is 0 Å². The van der Waals surface area contributed by atoms with Gasteiger partial charge in [0.15, 0.2) is 0 Å². The third-order valence-corrected chi connectivity index (χ3v) is 2.79. The molecule has 1 saturated heterocycles. The second-order valence-corrected chi connectivity index (χ2v) is 3.77. The second kappa shape index (κ2) is 1.98. The van der Waals surface area contributed by atoms with Crippen molar-refractivity contribution in [2.45, 2.75) is 19.3 Å². The van der Waals surface area contributed by atoms with Crippen molar-refractivity contribution < 1.29 is 0 Å². The van der Waals surface area contributed by atoms with Gasteiger partial charge in [-0.15, -0.1) is 0 Å². The van der Waals surface area contributed by atoms with E-state index < -0.39 is 0 Å². The van der Waals surface area contributed by atoms with Gasteiger partial charge in [0.25, 0.3) is 0 Å². The molecule has 1 aliphatic carbocycles. The molecule has 1 saturated carbocycles. The molecule has 0 aromatic carbocycles. The fraction of sp³-hybridized carbons (Fsp3) is 1.00. The Hall–Kier alpha value is -0.0400. The number of hydrogen-bond acceptors (Lipinski definition) is 1. The first-order valence-corrected chi connectivity index (χ1v) is 4.03. The van der Waals surface area contributed by atoms with E-state index >= 15 is 0 Å². The van der Waals surface area contributed by atoms with Gasteiger partial charge >= 0.3 is 0 Å². The molecule has 2 bridgehead atoms. The van der Waals surface area contributed by atoms with Crippen LogP contribution in [0.5, 0.6) is 0 Å². The van der Waals surface area contributed by atoms with Gasteiger partial charge in [-0.3, -0.25) is 0 Å². The predicted molar refractivity (Wildman–Crippen MR) is 38.3 cm³/mol. The Labute approximate surface area is 57.0 Å². The third kappa shape index (κ3) is 0.983. The van der Waals surface area contributed by atoms with Gasteiger partial charge in [0.1, 0.15) is 0 Å². The van der Waals surface area contributed by atoms with E-state index in [2.05, 4.69) is 11.9 Å². The lowest BCUT2D eigenvalue weighted by Crippen LogP contribution is -2.32. The van der Waals surface area contributed by atoms with Crippen LogP contribution < -0.4 is 0 Å². The number of rotatable bonds is 0. The minimum absolute atomic E-state index is 1.06. The Morgan fingerprint density at radius 2 is 1.67 bits per heavy atom. The number of nitrogens with zero attached hydrogens (tertiary/aromatic N) is 1. The molecule has 0 radical (unpaired) electrons. The summed E-state index contributed by atoms with van der Waals surface area (Å²) in [5.41, 5.74) is 0. The van der Waals surface area contributed by atoms with E-state index in [1.165, 1.54) is 32.4 Å². The van der Waals surface area contributed by atoms with Crippen LogP contribution >= 0.6 is 0 Å². The molecule has 52 valence electrons. The van der Waals surface area contributed by atoms with Crippen LogP contribution in [0, 0.1) is 11.8 Å². The molecular weight excluding hydrogens is 110 g/mol. The number of piperidine rings is 1. The van der Waals surface area contributed by atoms with Crippen LogP contribution in [0.3, 0.4) is 0 Å². The van der Waals surface area contributed by atoms with E-state index in [1.54, 1.807) is 0 Å². The van der Waals surface area contributed by atoms with Gasteiger partial charge < -0.3 is 4.90 Å². The summed E-state index contributed by atoms with van der Waals surface area (Å²) < 4.78 is 0. The van der Waals surface area contributed by atoms with E-state index in [0.29, 0.717) is 0 Å². The SMILES string of the molecule is CN1CC2CCC(C2)C1. The van der Waals surface area contributed by atoms with E-state index in [0.717, 1.165) is 11.8 Å². The first kappa shape index (κ1) is 5.72. The molecule has 1 heterocycles. The van der Waals surface area contributed by atoms with Crippen LogP contribution in [0.25, 0.3) is 0 Å². The fourth-order valence-corrected chi connectivity index (χ4v) is 2.47. The molecule has 0 N–H and O–H groups in total. The summed E-state index contributed by atoms with van der Waals surface area (Å²) >= 11 is 0. The van der Waals surface area contributed by atoms with Crippen LogP contribution in [0.1, 0.15) is 19.3 Å². The first-order chi connectivity index (χ1) is 4.34. The summed E-state index contributed by atoms with van der Waals surface area (Å²) in [5, 5.41) is 0. The van der Waals surface area contributed by atoms with E-state index in [4.69, 9.17) is 0 Å². The standard InChI is InChI=1S/C8H15N/c1-9-5-7-2-3-8(4-7)6-9/h7-8H,2-6H2,1H3. The maximum Gasteiger partial charge on any atom is 0.000683 e. The molecule has 1 heteroatoms. The molecule has 0 aromatic heterocycles. The molecule has 2 fully saturated rings. The summed E-state index contributed by atoms with van der Waals surface area (Å²) in [6.07, 6.45) is 4.55. The van der Waals surface area contributed by atoms with Crippen LogP contribution in [-0.2, 0) is 0 Å². The van der Waals surface area contributed by atoms with Crippen LogP contribution in [0.15, 0.2) is 0 Å². The average Bonchev–Trinajstić information content (AvgIpc) is 2.11. The van der Waals surface area contributed by atoms with Gasteiger partial charge in [-0.05, 0) is 38.1 Å².